The summed E-state index contributed by atoms with van der Waals surface area (Å²) in [5.41, 5.74) is 0.568. The number of carbonyl (C=O) groups is 1. The molecule has 96 valence electrons. The molecule has 5 nitrogen and oxygen atoms in total. The second-order valence-corrected chi connectivity index (χ2v) is 4.82. The maximum absolute atomic E-state index is 11.8. The van der Waals surface area contributed by atoms with Crippen LogP contribution in [-0.2, 0) is 4.74 Å². The standard InChI is InChI=1S/C13H17N3O2/c1-18-13(17)11-3-2-6-15-12(11)16-9-4-5-10(16)8-14-7-9/h2-3,6,9-10,14H,4-5,7-8H2,1H3. The fourth-order valence-electron chi connectivity index (χ4n) is 3.00. The zero-order chi connectivity index (χ0) is 12.5. The van der Waals surface area contributed by atoms with E-state index in [1.54, 1.807) is 18.3 Å². The number of nitrogens with zero attached hydrogens (tertiary/aromatic N) is 2. The average Bonchev–Trinajstić information content (AvgIpc) is 2.67. The van der Waals surface area contributed by atoms with Gasteiger partial charge in [-0.3, -0.25) is 0 Å². The number of hydrogen-bond donors (Lipinski definition) is 1. The monoisotopic (exact) mass is 247 g/mol. The summed E-state index contributed by atoms with van der Waals surface area (Å²) in [6.07, 6.45) is 4.06. The van der Waals surface area contributed by atoms with E-state index < -0.39 is 0 Å². The molecular formula is C13H17N3O2. The number of rotatable bonds is 2. The highest BCUT2D eigenvalue weighted by Crippen LogP contribution is 2.33. The van der Waals surface area contributed by atoms with E-state index in [0.717, 1.165) is 31.7 Å². The Labute approximate surface area is 106 Å². The highest BCUT2D eigenvalue weighted by Gasteiger charge is 2.38. The van der Waals surface area contributed by atoms with E-state index in [4.69, 9.17) is 4.74 Å². The largest absolute Gasteiger partial charge is 0.465 e. The van der Waals surface area contributed by atoms with E-state index in [1.165, 1.54) is 7.11 Å². The molecule has 2 aliphatic rings. The Morgan fingerprint density at radius 2 is 2.17 bits per heavy atom. The number of hydrogen-bond acceptors (Lipinski definition) is 5. The molecule has 0 saturated carbocycles. The van der Waals surface area contributed by atoms with Crippen molar-refractivity contribution in [2.24, 2.45) is 0 Å². The second kappa shape index (κ2) is 4.57. The lowest BCUT2D eigenvalue weighted by Gasteiger charge is -2.36. The van der Waals surface area contributed by atoms with E-state index >= 15 is 0 Å². The Balaban J connectivity index is 1.99. The molecule has 18 heavy (non-hydrogen) atoms. The number of piperazine rings is 1. The first kappa shape index (κ1) is 11.5. The maximum Gasteiger partial charge on any atom is 0.341 e. The number of nitrogens with one attached hydrogen (secondary N) is 1. The number of methoxy groups -OCH3 is 1. The van der Waals surface area contributed by atoms with Crippen molar-refractivity contribution in [3.05, 3.63) is 23.9 Å². The Kier molecular flexibility index (Phi) is 2.91. The summed E-state index contributed by atoms with van der Waals surface area (Å²) in [7, 11) is 1.41. The van der Waals surface area contributed by atoms with Crippen molar-refractivity contribution in [2.75, 3.05) is 25.1 Å². The van der Waals surface area contributed by atoms with Crippen molar-refractivity contribution in [2.45, 2.75) is 24.9 Å². The SMILES string of the molecule is COC(=O)c1cccnc1N1C2CCC1CNC2. The van der Waals surface area contributed by atoms with Crippen molar-refractivity contribution in [1.82, 2.24) is 10.3 Å². The minimum Gasteiger partial charge on any atom is -0.465 e. The molecule has 2 bridgehead atoms. The predicted molar refractivity (Wildman–Crippen MR) is 67.7 cm³/mol. The predicted octanol–water partition coefficient (Wildman–Crippen LogP) is 0.809. The number of esters is 1. The van der Waals surface area contributed by atoms with Gasteiger partial charge in [0.05, 0.1) is 7.11 Å². The van der Waals surface area contributed by atoms with Gasteiger partial charge in [0.1, 0.15) is 11.4 Å². The number of aromatic nitrogens is 1. The van der Waals surface area contributed by atoms with E-state index in [2.05, 4.69) is 15.2 Å². The van der Waals surface area contributed by atoms with Gasteiger partial charge in [0.25, 0.3) is 0 Å². The fraction of sp³-hybridized carbons (Fsp3) is 0.538. The zero-order valence-corrected chi connectivity index (χ0v) is 10.4. The van der Waals surface area contributed by atoms with Crippen molar-refractivity contribution in [3.8, 4) is 0 Å². The first-order valence-electron chi connectivity index (χ1n) is 6.33. The summed E-state index contributed by atoms with van der Waals surface area (Å²) in [6, 6.07) is 4.46. The molecule has 0 spiro atoms. The minimum atomic E-state index is -0.309. The van der Waals surface area contributed by atoms with Gasteiger partial charge in [0, 0.05) is 31.4 Å². The zero-order valence-electron chi connectivity index (χ0n) is 10.4. The highest BCUT2D eigenvalue weighted by molar-refractivity contribution is 5.94. The average molecular weight is 247 g/mol. The van der Waals surface area contributed by atoms with Crippen LogP contribution < -0.4 is 10.2 Å². The molecule has 2 atom stereocenters. The Hall–Kier alpha value is -1.62. The van der Waals surface area contributed by atoms with Gasteiger partial charge in [-0.1, -0.05) is 0 Å². The van der Waals surface area contributed by atoms with Crippen molar-refractivity contribution < 1.29 is 9.53 Å². The molecule has 1 aromatic heterocycles. The molecule has 0 aromatic carbocycles. The molecule has 2 saturated heterocycles. The van der Waals surface area contributed by atoms with Crippen LogP contribution in [0.1, 0.15) is 23.2 Å². The lowest BCUT2D eigenvalue weighted by molar-refractivity contribution is 0.0601. The lowest BCUT2D eigenvalue weighted by Crippen LogP contribution is -2.52. The van der Waals surface area contributed by atoms with Gasteiger partial charge < -0.3 is 15.0 Å². The van der Waals surface area contributed by atoms with Crippen LogP contribution in [0, 0.1) is 0 Å². The summed E-state index contributed by atoms with van der Waals surface area (Å²) < 4.78 is 4.84. The third-order valence-electron chi connectivity index (χ3n) is 3.82. The van der Waals surface area contributed by atoms with E-state index in [1.807, 2.05) is 0 Å². The molecule has 1 aromatic rings. The third kappa shape index (κ3) is 1.75. The molecule has 3 rings (SSSR count). The number of carbonyl (C=O) groups excluding carboxylic acids is 1. The maximum atomic E-state index is 11.8. The van der Waals surface area contributed by atoms with Gasteiger partial charge in [-0.2, -0.15) is 0 Å². The first-order valence-corrected chi connectivity index (χ1v) is 6.33. The molecule has 0 radical (unpaired) electrons. The number of fused-ring (bicyclic) bond motifs is 2. The third-order valence-corrected chi connectivity index (χ3v) is 3.82. The molecule has 3 heterocycles. The van der Waals surface area contributed by atoms with Crippen LogP contribution in [-0.4, -0.2) is 43.2 Å². The molecule has 0 aliphatic carbocycles. The van der Waals surface area contributed by atoms with Crippen LogP contribution in [0.2, 0.25) is 0 Å². The van der Waals surface area contributed by atoms with E-state index in [0.29, 0.717) is 17.6 Å². The quantitative estimate of drug-likeness (QED) is 0.784. The van der Waals surface area contributed by atoms with Crippen LogP contribution in [0.5, 0.6) is 0 Å². The van der Waals surface area contributed by atoms with Gasteiger partial charge in [-0.25, -0.2) is 9.78 Å². The van der Waals surface area contributed by atoms with Crippen LogP contribution in [0.15, 0.2) is 18.3 Å². The molecule has 2 fully saturated rings. The summed E-state index contributed by atoms with van der Waals surface area (Å²) in [5, 5.41) is 3.42. The topological polar surface area (TPSA) is 54.5 Å². The minimum absolute atomic E-state index is 0.309. The smallest absolute Gasteiger partial charge is 0.341 e. The normalized spacial score (nSPS) is 26.2. The summed E-state index contributed by atoms with van der Waals surface area (Å²) in [4.78, 5) is 18.5. The second-order valence-electron chi connectivity index (χ2n) is 4.82. The van der Waals surface area contributed by atoms with Gasteiger partial charge in [0.2, 0.25) is 0 Å². The van der Waals surface area contributed by atoms with Crippen molar-refractivity contribution in [1.29, 1.82) is 0 Å². The highest BCUT2D eigenvalue weighted by atomic mass is 16.5. The van der Waals surface area contributed by atoms with Crippen LogP contribution in [0.3, 0.4) is 0 Å². The van der Waals surface area contributed by atoms with Gasteiger partial charge in [0.15, 0.2) is 0 Å². The van der Waals surface area contributed by atoms with Gasteiger partial charge >= 0.3 is 5.97 Å². The summed E-state index contributed by atoms with van der Waals surface area (Å²) in [6.45, 7) is 1.93. The molecular weight excluding hydrogens is 230 g/mol. The van der Waals surface area contributed by atoms with Crippen LogP contribution >= 0.6 is 0 Å². The molecule has 0 amide bonds. The van der Waals surface area contributed by atoms with Crippen molar-refractivity contribution >= 4 is 11.8 Å². The van der Waals surface area contributed by atoms with E-state index in [9.17, 15) is 4.79 Å². The molecule has 1 N–H and O–H groups in total. The van der Waals surface area contributed by atoms with Crippen LogP contribution in [0.4, 0.5) is 5.82 Å². The Morgan fingerprint density at radius 1 is 1.44 bits per heavy atom. The lowest BCUT2D eigenvalue weighted by atomic mass is 10.1. The number of ether oxygens (including phenoxy) is 1. The van der Waals surface area contributed by atoms with Gasteiger partial charge in [-0.05, 0) is 25.0 Å². The summed E-state index contributed by atoms with van der Waals surface area (Å²) >= 11 is 0. The van der Waals surface area contributed by atoms with Gasteiger partial charge in [-0.15, -0.1) is 0 Å². The summed E-state index contributed by atoms with van der Waals surface area (Å²) in [5.74, 6) is 0.467. The first-order chi connectivity index (χ1) is 8.81. The Bertz CT molecular complexity index is 447. The fourth-order valence-corrected chi connectivity index (χ4v) is 3.00. The molecule has 2 aliphatic heterocycles. The van der Waals surface area contributed by atoms with Crippen molar-refractivity contribution in [3.63, 3.8) is 0 Å². The number of anilines is 1. The molecule has 5 heteroatoms. The Morgan fingerprint density at radius 3 is 2.83 bits per heavy atom. The van der Waals surface area contributed by atoms with Crippen LogP contribution in [0.25, 0.3) is 0 Å². The molecule has 2 unspecified atom stereocenters. The van der Waals surface area contributed by atoms with E-state index in [-0.39, 0.29) is 5.97 Å². The number of pyridine rings is 1.